The second-order valence-corrected chi connectivity index (χ2v) is 5.71. The third kappa shape index (κ3) is 3.51. The molecule has 0 bridgehead atoms. The highest BCUT2D eigenvalue weighted by molar-refractivity contribution is 5.90. The summed E-state index contributed by atoms with van der Waals surface area (Å²) in [5.74, 6) is 0.0740. The normalized spacial score (nSPS) is 10.6. The molecule has 0 saturated heterocycles. The van der Waals surface area contributed by atoms with Crippen LogP contribution in [0.25, 0.3) is 11.3 Å². The SMILES string of the molecule is Cc1ccc(-c2cc(COC(=O)c3ccc(C)nc3C)on2)cc1. The van der Waals surface area contributed by atoms with E-state index >= 15 is 0 Å². The predicted molar refractivity (Wildman–Crippen MR) is 89.5 cm³/mol. The van der Waals surface area contributed by atoms with Crippen LogP contribution < -0.4 is 0 Å². The van der Waals surface area contributed by atoms with E-state index in [4.69, 9.17) is 9.26 Å². The van der Waals surface area contributed by atoms with Gasteiger partial charge in [-0.2, -0.15) is 0 Å². The summed E-state index contributed by atoms with van der Waals surface area (Å²) in [5, 5.41) is 4.02. The van der Waals surface area contributed by atoms with E-state index in [1.54, 1.807) is 25.1 Å². The molecule has 0 radical (unpaired) electrons. The van der Waals surface area contributed by atoms with E-state index in [1.165, 1.54) is 5.56 Å². The third-order valence-corrected chi connectivity index (χ3v) is 3.70. The minimum Gasteiger partial charge on any atom is -0.454 e. The first-order valence-corrected chi connectivity index (χ1v) is 7.67. The lowest BCUT2D eigenvalue weighted by Crippen LogP contribution is -2.08. The maximum Gasteiger partial charge on any atom is 0.340 e. The van der Waals surface area contributed by atoms with Gasteiger partial charge in [-0.3, -0.25) is 4.98 Å². The minimum absolute atomic E-state index is 0.0327. The largest absolute Gasteiger partial charge is 0.454 e. The number of carbonyl (C=O) groups is 1. The van der Waals surface area contributed by atoms with Crippen LogP contribution in [0.2, 0.25) is 0 Å². The zero-order valence-corrected chi connectivity index (χ0v) is 13.9. The van der Waals surface area contributed by atoms with E-state index < -0.39 is 5.97 Å². The van der Waals surface area contributed by atoms with E-state index in [2.05, 4.69) is 10.1 Å². The smallest absolute Gasteiger partial charge is 0.340 e. The Kier molecular flexibility index (Phi) is 4.42. The van der Waals surface area contributed by atoms with Crippen molar-refractivity contribution in [2.24, 2.45) is 0 Å². The number of hydrogen-bond acceptors (Lipinski definition) is 5. The fourth-order valence-corrected chi connectivity index (χ4v) is 2.36. The summed E-state index contributed by atoms with van der Waals surface area (Å²) in [6, 6.07) is 13.3. The third-order valence-electron chi connectivity index (χ3n) is 3.70. The highest BCUT2D eigenvalue weighted by Gasteiger charge is 2.14. The van der Waals surface area contributed by atoms with Crippen molar-refractivity contribution in [1.29, 1.82) is 0 Å². The van der Waals surface area contributed by atoms with Gasteiger partial charge in [-0.25, -0.2) is 4.79 Å². The quantitative estimate of drug-likeness (QED) is 0.679. The first kappa shape index (κ1) is 15.9. The average molecular weight is 322 g/mol. The second kappa shape index (κ2) is 6.66. The number of carbonyl (C=O) groups excluding carboxylic acids is 1. The summed E-state index contributed by atoms with van der Waals surface area (Å²) in [6.07, 6.45) is 0. The number of benzene rings is 1. The molecule has 0 atom stereocenters. The monoisotopic (exact) mass is 322 g/mol. The summed E-state index contributed by atoms with van der Waals surface area (Å²) >= 11 is 0. The van der Waals surface area contributed by atoms with Crippen molar-refractivity contribution in [3.8, 4) is 11.3 Å². The van der Waals surface area contributed by atoms with E-state index in [9.17, 15) is 4.79 Å². The topological polar surface area (TPSA) is 65.2 Å². The van der Waals surface area contributed by atoms with Gasteiger partial charge in [0.15, 0.2) is 12.4 Å². The van der Waals surface area contributed by atoms with Crippen molar-refractivity contribution in [1.82, 2.24) is 10.1 Å². The van der Waals surface area contributed by atoms with Crippen molar-refractivity contribution in [2.45, 2.75) is 27.4 Å². The van der Waals surface area contributed by atoms with Crippen LogP contribution in [0.1, 0.15) is 33.1 Å². The predicted octanol–water partition coefficient (Wildman–Crippen LogP) is 4.02. The molecule has 0 N–H and O–H groups in total. The molecule has 0 spiro atoms. The van der Waals surface area contributed by atoms with E-state index in [0.29, 0.717) is 22.7 Å². The molecule has 3 aromatic rings. The van der Waals surface area contributed by atoms with E-state index in [-0.39, 0.29) is 6.61 Å². The summed E-state index contributed by atoms with van der Waals surface area (Å²) < 4.78 is 10.5. The number of hydrogen-bond donors (Lipinski definition) is 0. The van der Waals surface area contributed by atoms with Gasteiger partial charge in [0.2, 0.25) is 0 Å². The number of aromatic nitrogens is 2. The first-order valence-electron chi connectivity index (χ1n) is 7.67. The molecule has 5 heteroatoms. The first-order chi connectivity index (χ1) is 11.5. The Hall–Kier alpha value is -2.95. The molecule has 1 aromatic carbocycles. The van der Waals surface area contributed by atoms with Crippen molar-refractivity contribution in [3.63, 3.8) is 0 Å². The van der Waals surface area contributed by atoms with Gasteiger partial charge in [-0.15, -0.1) is 0 Å². The highest BCUT2D eigenvalue weighted by Crippen LogP contribution is 2.20. The maximum atomic E-state index is 12.1. The molecular formula is C19H18N2O3. The van der Waals surface area contributed by atoms with Gasteiger partial charge in [-0.05, 0) is 32.9 Å². The molecule has 0 aliphatic rings. The fraction of sp³-hybridized carbons (Fsp3) is 0.211. The lowest BCUT2D eigenvalue weighted by Gasteiger charge is -2.05. The molecule has 0 saturated carbocycles. The summed E-state index contributed by atoms with van der Waals surface area (Å²) in [5.41, 5.74) is 4.83. The van der Waals surface area contributed by atoms with Crippen molar-refractivity contribution >= 4 is 5.97 Å². The van der Waals surface area contributed by atoms with Crippen LogP contribution in [0, 0.1) is 20.8 Å². The Morgan fingerprint density at radius 3 is 2.54 bits per heavy atom. The number of aryl methyl sites for hydroxylation is 3. The minimum atomic E-state index is -0.423. The van der Waals surface area contributed by atoms with Crippen LogP contribution in [0.3, 0.4) is 0 Å². The van der Waals surface area contributed by atoms with Crippen molar-refractivity contribution in [3.05, 3.63) is 70.7 Å². The summed E-state index contributed by atoms with van der Waals surface area (Å²) in [6.45, 7) is 5.72. The Labute approximate surface area is 140 Å². The van der Waals surface area contributed by atoms with E-state index in [0.717, 1.165) is 11.3 Å². The molecule has 0 aliphatic carbocycles. The molecule has 2 aromatic heterocycles. The summed E-state index contributed by atoms with van der Waals surface area (Å²) in [7, 11) is 0. The molecule has 122 valence electrons. The molecule has 5 nitrogen and oxygen atoms in total. The maximum absolute atomic E-state index is 12.1. The molecule has 0 aliphatic heterocycles. The molecular weight excluding hydrogens is 304 g/mol. The zero-order valence-electron chi connectivity index (χ0n) is 13.9. The second-order valence-electron chi connectivity index (χ2n) is 5.71. The molecule has 3 rings (SSSR count). The van der Waals surface area contributed by atoms with Gasteiger partial charge in [0.05, 0.1) is 11.3 Å². The lowest BCUT2D eigenvalue weighted by atomic mass is 10.1. The number of esters is 1. The van der Waals surface area contributed by atoms with Crippen LogP contribution in [0.15, 0.2) is 47.0 Å². The number of ether oxygens (including phenoxy) is 1. The van der Waals surface area contributed by atoms with Crippen LogP contribution in [0.5, 0.6) is 0 Å². The average Bonchev–Trinajstić information content (AvgIpc) is 3.02. The Bertz CT molecular complexity index is 867. The highest BCUT2D eigenvalue weighted by atomic mass is 16.5. The molecule has 0 unspecified atom stereocenters. The van der Waals surface area contributed by atoms with Crippen molar-refractivity contribution < 1.29 is 14.1 Å². The Balaban J connectivity index is 1.67. The lowest BCUT2D eigenvalue weighted by molar-refractivity contribution is 0.0436. The molecule has 2 heterocycles. The van der Waals surface area contributed by atoms with Gasteiger partial charge >= 0.3 is 5.97 Å². The van der Waals surface area contributed by atoms with Gasteiger partial charge in [0.1, 0.15) is 5.69 Å². The van der Waals surface area contributed by atoms with Crippen LogP contribution in [-0.4, -0.2) is 16.1 Å². The summed E-state index contributed by atoms with van der Waals surface area (Å²) in [4.78, 5) is 16.4. The number of pyridine rings is 1. The van der Waals surface area contributed by atoms with Gasteiger partial charge in [0, 0.05) is 17.3 Å². The van der Waals surface area contributed by atoms with Gasteiger partial charge in [-0.1, -0.05) is 35.0 Å². The zero-order chi connectivity index (χ0) is 17.1. The standard InChI is InChI=1S/C19H18N2O3/c1-12-4-7-15(8-5-12)18-10-16(24-21-18)11-23-19(22)17-9-6-13(2)20-14(17)3/h4-10H,11H2,1-3H3. The number of rotatable bonds is 4. The van der Waals surface area contributed by atoms with E-state index in [1.807, 2.05) is 38.1 Å². The van der Waals surface area contributed by atoms with Crippen LogP contribution in [-0.2, 0) is 11.3 Å². The molecule has 0 amide bonds. The fourth-order valence-electron chi connectivity index (χ4n) is 2.36. The Morgan fingerprint density at radius 2 is 1.83 bits per heavy atom. The molecule has 0 fully saturated rings. The molecule has 24 heavy (non-hydrogen) atoms. The number of nitrogens with zero attached hydrogens (tertiary/aromatic N) is 2. The van der Waals surface area contributed by atoms with Crippen LogP contribution >= 0.6 is 0 Å². The van der Waals surface area contributed by atoms with Gasteiger partial charge in [0.25, 0.3) is 0 Å². The Morgan fingerprint density at radius 1 is 1.08 bits per heavy atom. The van der Waals surface area contributed by atoms with Gasteiger partial charge < -0.3 is 9.26 Å². The van der Waals surface area contributed by atoms with Crippen LogP contribution in [0.4, 0.5) is 0 Å². The van der Waals surface area contributed by atoms with Crippen molar-refractivity contribution in [2.75, 3.05) is 0 Å².